The van der Waals surface area contributed by atoms with E-state index < -0.39 is 9.84 Å². The van der Waals surface area contributed by atoms with E-state index >= 15 is 0 Å². The third kappa shape index (κ3) is 4.36. The Balaban J connectivity index is 1.64. The van der Waals surface area contributed by atoms with E-state index in [1.165, 1.54) is 0 Å². The lowest BCUT2D eigenvalue weighted by Gasteiger charge is -2.13. The maximum atomic E-state index is 12.3. The van der Waals surface area contributed by atoms with Crippen LogP contribution in [0.25, 0.3) is 0 Å². The standard InChI is InChI=1S/C18H21N3O3S/c1-2-13-5-3-4-6-16(13)21-18(22)17-8-7-14(11-19-17)20-15-9-10-25(23,24)12-15/h3-8,11,15,20H,2,9-10,12H2,1H3,(H,21,22). The molecule has 0 saturated carbocycles. The molecule has 1 unspecified atom stereocenters. The highest BCUT2D eigenvalue weighted by Crippen LogP contribution is 2.19. The number of hydrogen-bond donors (Lipinski definition) is 2. The number of amides is 1. The van der Waals surface area contributed by atoms with Crippen molar-refractivity contribution >= 4 is 27.1 Å². The number of aryl methyl sites for hydroxylation is 1. The first-order valence-electron chi connectivity index (χ1n) is 8.29. The van der Waals surface area contributed by atoms with Crippen LogP contribution < -0.4 is 10.6 Å². The zero-order chi connectivity index (χ0) is 17.9. The van der Waals surface area contributed by atoms with E-state index in [1.807, 2.05) is 31.2 Å². The summed E-state index contributed by atoms with van der Waals surface area (Å²) in [4.78, 5) is 16.5. The molecule has 0 bridgehead atoms. The van der Waals surface area contributed by atoms with E-state index in [0.29, 0.717) is 17.8 Å². The molecule has 2 heterocycles. The van der Waals surface area contributed by atoms with Gasteiger partial charge in [0, 0.05) is 11.7 Å². The summed E-state index contributed by atoms with van der Waals surface area (Å²) in [6.45, 7) is 2.03. The van der Waals surface area contributed by atoms with Crippen molar-refractivity contribution in [1.29, 1.82) is 0 Å². The van der Waals surface area contributed by atoms with Gasteiger partial charge in [0.25, 0.3) is 5.91 Å². The number of nitrogens with one attached hydrogen (secondary N) is 2. The van der Waals surface area contributed by atoms with Crippen LogP contribution in [-0.2, 0) is 16.3 Å². The fourth-order valence-electron chi connectivity index (χ4n) is 2.90. The molecule has 0 aliphatic carbocycles. The number of carbonyl (C=O) groups excluding carboxylic acids is 1. The van der Waals surface area contributed by atoms with Crippen molar-refractivity contribution in [3.63, 3.8) is 0 Å². The Hall–Kier alpha value is -2.41. The number of benzene rings is 1. The minimum Gasteiger partial charge on any atom is -0.380 e. The summed E-state index contributed by atoms with van der Waals surface area (Å²) in [5, 5.41) is 6.04. The van der Waals surface area contributed by atoms with Gasteiger partial charge in [-0.1, -0.05) is 25.1 Å². The Morgan fingerprint density at radius 3 is 2.68 bits per heavy atom. The molecule has 6 nitrogen and oxygen atoms in total. The van der Waals surface area contributed by atoms with Gasteiger partial charge in [0.15, 0.2) is 9.84 Å². The van der Waals surface area contributed by atoms with Gasteiger partial charge in [-0.3, -0.25) is 4.79 Å². The third-order valence-corrected chi connectivity index (χ3v) is 6.01. The molecular formula is C18H21N3O3S. The van der Waals surface area contributed by atoms with Gasteiger partial charge in [0.2, 0.25) is 0 Å². The SMILES string of the molecule is CCc1ccccc1NC(=O)c1ccc(NC2CCS(=O)(=O)C2)cn1. The molecule has 1 aromatic heterocycles. The molecule has 0 radical (unpaired) electrons. The molecule has 7 heteroatoms. The fourth-order valence-corrected chi connectivity index (χ4v) is 4.57. The van der Waals surface area contributed by atoms with E-state index in [4.69, 9.17) is 0 Å². The first kappa shape index (κ1) is 17.4. The average Bonchev–Trinajstić information content (AvgIpc) is 2.94. The molecule has 132 valence electrons. The highest BCUT2D eigenvalue weighted by Gasteiger charge is 2.27. The number of anilines is 2. The fraction of sp³-hybridized carbons (Fsp3) is 0.333. The number of para-hydroxylation sites is 1. The second-order valence-electron chi connectivity index (χ2n) is 6.14. The molecule has 1 aliphatic rings. The quantitative estimate of drug-likeness (QED) is 0.856. The molecule has 2 N–H and O–H groups in total. The number of rotatable bonds is 5. The summed E-state index contributed by atoms with van der Waals surface area (Å²) < 4.78 is 23.0. The first-order chi connectivity index (χ1) is 12.0. The molecule has 1 aliphatic heterocycles. The van der Waals surface area contributed by atoms with Crippen molar-refractivity contribution in [2.24, 2.45) is 0 Å². The minimum absolute atomic E-state index is 0.0945. The molecule has 0 spiro atoms. The summed E-state index contributed by atoms with van der Waals surface area (Å²) in [5.41, 5.74) is 2.88. The molecule has 3 rings (SSSR count). The normalized spacial score (nSPS) is 18.7. The topological polar surface area (TPSA) is 88.2 Å². The summed E-state index contributed by atoms with van der Waals surface area (Å²) in [7, 11) is -2.93. The van der Waals surface area contributed by atoms with Crippen LogP contribution in [0, 0.1) is 0 Å². The summed E-state index contributed by atoms with van der Waals surface area (Å²) in [5.74, 6) is 0.0919. The Labute approximate surface area is 147 Å². The first-order valence-corrected chi connectivity index (χ1v) is 10.1. The number of carbonyl (C=O) groups is 1. The Morgan fingerprint density at radius 1 is 1.24 bits per heavy atom. The van der Waals surface area contributed by atoms with Crippen LogP contribution in [0.4, 0.5) is 11.4 Å². The summed E-state index contributed by atoms with van der Waals surface area (Å²) >= 11 is 0. The van der Waals surface area contributed by atoms with Gasteiger partial charge in [-0.25, -0.2) is 13.4 Å². The van der Waals surface area contributed by atoms with Crippen LogP contribution in [0.5, 0.6) is 0 Å². The molecule has 1 aromatic carbocycles. The van der Waals surface area contributed by atoms with Crippen LogP contribution in [0.15, 0.2) is 42.6 Å². The molecule has 25 heavy (non-hydrogen) atoms. The summed E-state index contributed by atoms with van der Waals surface area (Å²) in [6.07, 6.45) is 2.99. The van der Waals surface area contributed by atoms with Gasteiger partial charge >= 0.3 is 0 Å². The molecule has 1 amide bonds. The van der Waals surface area contributed by atoms with Gasteiger partial charge in [0.1, 0.15) is 5.69 Å². The molecule has 1 fully saturated rings. The van der Waals surface area contributed by atoms with E-state index in [2.05, 4.69) is 15.6 Å². The van der Waals surface area contributed by atoms with Crippen LogP contribution in [0.1, 0.15) is 29.4 Å². The lowest BCUT2D eigenvalue weighted by molar-refractivity contribution is 0.102. The van der Waals surface area contributed by atoms with E-state index in [-0.39, 0.29) is 23.5 Å². The second kappa shape index (κ2) is 7.23. The van der Waals surface area contributed by atoms with Crippen molar-refractivity contribution in [2.45, 2.75) is 25.8 Å². The smallest absolute Gasteiger partial charge is 0.274 e. The predicted molar refractivity (Wildman–Crippen MR) is 98.7 cm³/mol. The number of hydrogen-bond acceptors (Lipinski definition) is 5. The molecule has 2 aromatic rings. The number of sulfone groups is 1. The van der Waals surface area contributed by atoms with Crippen LogP contribution in [-0.4, -0.2) is 36.9 Å². The number of nitrogens with zero attached hydrogens (tertiary/aromatic N) is 1. The molecule has 1 saturated heterocycles. The van der Waals surface area contributed by atoms with Crippen molar-refractivity contribution in [3.8, 4) is 0 Å². The molecular weight excluding hydrogens is 338 g/mol. The van der Waals surface area contributed by atoms with Gasteiger partial charge < -0.3 is 10.6 Å². The minimum atomic E-state index is -2.93. The maximum Gasteiger partial charge on any atom is 0.274 e. The van der Waals surface area contributed by atoms with Crippen molar-refractivity contribution in [2.75, 3.05) is 22.1 Å². The average molecular weight is 359 g/mol. The zero-order valence-corrected chi connectivity index (χ0v) is 14.8. The maximum absolute atomic E-state index is 12.3. The Kier molecular flexibility index (Phi) is 5.03. The zero-order valence-electron chi connectivity index (χ0n) is 14.0. The van der Waals surface area contributed by atoms with Crippen molar-refractivity contribution in [1.82, 2.24) is 4.98 Å². The Morgan fingerprint density at radius 2 is 2.04 bits per heavy atom. The van der Waals surface area contributed by atoms with Gasteiger partial charge in [-0.15, -0.1) is 0 Å². The summed E-state index contributed by atoms with van der Waals surface area (Å²) in [6, 6.07) is 11.0. The number of aromatic nitrogens is 1. The largest absolute Gasteiger partial charge is 0.380 e. The predicted octanol–water partition coefficient (Wildman–Crippen LogP) is 2.50. The van der Waals surface area contributed by atoms with Crippen molar-refractivity contribution in [3.05, 3.63) is 53.9 Å². The number of pyridine rings is 1. The van der Waals surface area contributed by atoms with Crippen LogP contribution in [0.3, 0.4) is 0 Å². The van der Waals surface area contributed by atoms with E-state index in [1.54, 1.807) is 18.3 Å². The lowest BCUT2D eigenvalue weighted by atomic mass is 10.1. The lowest BCUT2D eigenvalue weighted by Crippen LogP contribution is -2.21. The third-order valence-electron chi connectivity index (χ3n) is 4.25. The van der Waals surface area contributed by atoms with Crippen molar-refractivity contribution < 1.29 is 13.2 Å². The van der Waals surface area contributed by atoms with Gasteiger partial charge in [-0.05, 0) is 36.6 Å². The van der Waals surface area contributed by atoms with Crippen LogP contribution >= 0.6 is 0 Å². The highest BCUT2D eigenvalue weighted by molar-refractivity contribution is 7.91. The van der Waals surface area contributed by atoms with Crippen LogP contribution in [0.2, 0.25) is 0 Å². The van der Waals surface area contributed by atoms with Gasteiger partial charge in [-0.2, -0.15) is 0 Å². The monoisotopic (exact) mass is 359 g/mol. The Bertz CT molecular complexity index is 863. The van der Waals surface area contributed by atoms with Gasteiger partial charge in [0.05, 0.1) is 23.4 Å². The molecule has 1 atom stereocenters. The van der Waals surface area contributed by atoms with E-state index in [9.17, 15) is 13.2 Å². The highest BCUT2D eigenvalue weighted by atomic mass is 32.2. The second-order valence-corrected chi connectivity index (χ2v) is 8.37. The van der Waals surface area contributed by atoms with E-state index in [0.717, 1.165) is 17.7 Å².